The van der Waals surface area contributed by atoms with Crippen molar-refractivity contribution < 1.29 is 0 Å². The summed E-state index contributed by atoms with van der Waals surface area (Å²) in [4.78, 5) is 0. The van der Waals surface area contributed by atoms with Crippen LogP contribution in [-0.4, -0.2) is 10.8 Å². The maximum atomic E-state index is 5.41. The van der Waals surface area contributed by atoms with Crippen molar-refractivity contribution in [2.45, 2.75) is 32.9 Å². The van der Waals surface area contributed by atoms with E-state index in [2.05, 4.69) is 31.5 Å². The molecule has 17 heavy (non-hydrogen) atoms. The fourth-order valence-corrected chi connectivity index (χ4v) is 2.47. The molecule has 0 bridgehead atoms. The van der Waals surface area contributed by atoms with Gasteiger partial charge < -0.3 is 5.32 Å². The van der Waals surface area contributed by atoms with Gasteiger partial charge >= 0.3 is 0 Å². The molecule has 0 aromatic heterocycles. The van der Waals surface area contributed by atoms with Crippen LogP contribution in [-0.2, 0) is 0 Å². The molecule has 1 aliphatic rings. The van der Waals surface area contributed by atoms with Gasteiger partial charge in [0.2, 0.25) is 0 Å². The van der Waals surface area contributed by atoms with E-state index >= 15 is 0 Å². The van der Waals surface area contributed by atoms with Crippen LogP contribution in [0.1, 0.15) is 27.2 Å². The van der Waals surface area contributed by atoms with Gasteiger partial charge in [-0.1, -0.05) is 39.0 Å². The van der Waals surface area contributed by atoms with Crippen LogP contribution < -0.4 is 15.8 Å². The summed E-state index contributed by atoms with van der Waals surface area (Å²) in [5, 5.41) is 6.11. The summed E-state index contributed by atoms with van der Waals surface area (Å²) in [6, 6.07) is 10.1. The van der Waals surface area contributed by atoms with E-state index in [0.717, 1.165) is 17.2 Å². The number of hydrogen-bond acceptors (Lipinski definition) is 2. The first kappa shape index (κ1) is 12.3. The summed E-state index contributed by atoms with van der Waals surface area (Å²) in [6.45, 7) is 6.55. The first-order chi connectivity index (χ1) is 8.09. The van der Waals surface area contributed by atoms with E-state index in [4.69, 9.17) is 12.2 Å². The summed E-state index contributed by atoms with van der Waals surface area (Å²) in [5.74, 6) is 0.458. The Morgan fingerprint density at radius 1 is 1.29 bits per heavy atom. The molecule has 0 aliphatic carbocycles. The second-order valence-corrected chi connectivity index (χ2v) is 5.08. The van der Waals surface area contributed by atoms with E-state index in [1.165, 1.54) is 0 Å². The molecule has 3 nitrogen and oxygen atoms in total. The van der Waals surface area contributed by atoms with E-state index in [0.29, 0.717) is 5.92 Å². The van der Waals surface area contributed by atoms with Crippen LogP contribution >= 0.6 is 12.2 Å². The first-order valence-corrected chi connectivity index (χ1v) is 6.45. The van der Waals surface area contributed by atoms with Gasteiger partial charge in [0.1, 0.15) is 5.66 Å². The zero-order valence-corrected chi connectivity index (χ0v) is 11.3. The normalized spacial score (nSPS) is 24.2. The second-order valence-electron chi connectivity index (χ2n) is 4.69. The van der Waals surface area contributed by atoms with Gasteiger partial charge in [0.25, 0.3) is 0 Å². The smallest absolute Gasteiger partial charge is 0.189 e. The number of benzene rings is 1. The first-order valence-electron chi connectivity index (χ1n) is 6.04. The molecule has 0 saturated carbocycles. The van der Waals surface area contributed by atoms with Crippen molar-refractivity contribution in [2.75, 3.05) is 5.01 Å². The van der Waals surface area contributed by atoms with Crippen LogP contribution in [0, 0.1) is 5.92 Å². The third kappa shape index (κ3) is 2.15. The zero-order chi connectivity index (χ0) is 12.5. The predicted molar refractivity (Wildman–Crippen MR) is 75.7 cm³/mol. The maximum absolute atomic E-state index is 5.41. The molecule has 4 heteroatoms. The highest BCUT2D eigenvalue weighted by Crippen LogP contribution is 2.26. The number of nitrogens with zero attached hydrogens (tertiary/aromatic N) is 1. The van der Waals surface area contributed by atoms with Gasteiger partial charge in [0.05, 0.1) is 5.69 Å². The van der Waals surface area contributed by atoms with Crippen molar-refractivity contribution in [2.24, 2.45) is 5.92 Å². The Morgan fingerprint density at radius 2 is 1.94 bits per heavy atom. The highest BCUT2D eigenvalue weighted by Gasteiger charge is 2.41. The second kappa shape index (κ2) is 4.63. The van der Waals surface area contributed by atoms with E-state index < -0.39 is 0 Å². The van der Waals surface area contributed by atoms with Crippen LogP contribution in [0.5, 0.6) is 0 Å². The molecular formula is C13H19N3S. The van der Waals surface area contributed by atoms with Crippen molar-refractivity contribution in [1.82, 2.24) is 10.7 Å². The Bertz CT molecular complexity index is 404. The van der Waals surface area contributed by atoms with Crippen LogP contribution in [0.2, 0.25) is 0 Å². The Hall–Kier alpha value is -1.13. The minimum absolute atomic E-state index is 0.132. The quantitative estimate of drug-likeness (QED) is 0.805. The monoisotopic (exact) mass is 249 g/mol. The molecule has 0 unspecified atom stereocenters. The SMILES string of the molecule is CC[C@]1(C(C)C)NC(=S)N(c2ccccc2)N1. The molecule has 1 saturated heterocycles. The lowest BCUT2D eigenvalue weighted by molar-refractivity contribution is 0.234. The summed E-state index contributed by atoms with van der Waals surface area (Å²) >= 11 is 5.41. The fourth-order valence-electron chi connectivity index (χ4n) is 2.13. The van der Waals surface area contributed by atoms with E-state index in [9.17, 15) is 0 Å². The molecule has 0 amide bonds. The van der Waals surface area contributed by atoms with Gasteiger partial charge in [-0.25, -0.2) is 5.43 Å². The number of para-hydroxylation sites is 1. The van der Waals surface area contributed by atoms with Crippen molar-refractivity contribution in [3.63, 3.8) is 0 Å². The highest BCUT2D eigenvalue weighted by atomic mass is 32.1. The average Bonchev–Trinajstić information content (AvgIpc) is 2.69. The number of hydrogen-bond donors (Lipinski definition) is 2. The Labute approximate surface area is 108 Å². The van der Waals surface area contributed by atoms with Crippen LogP contribution in [0.15, 0.2) is 30.3 Å². The largest absolute Gasteiger partial charge is 0.341 e. The van der Waals surface area contributed by atoms with Gasteiger partial charge in [0, 0.05) is 0 Å². The molecule has 0 radical (unpaired) electrons. The minimum atomic E-state index is -0.132. The van der Waals surface area contributed by atoms with Crippen LogP contribution in [0.25, 0.3) is 0 Å². The molecule has 1 fully saturated rings. The summed E-state index contributed by atoms with van der Waals surface area (Å²) in [7, 11) is 0. The van der Waals surface area contributed by atoms with Crippen molar-refractivity contribution >= 4 is 23.0 Å². The lowest BCUT2D eigenvalue weighted by Gasteiger charge is -2.32. The van der Waals surface area contributed by atoms with Gasteiger partial charge in [-0.15, -0.1) is 0 Å². The molecule has 1 aromatic carbocycles. The molecular weight excluding hydrogens is 230 g/mol. The predicted octanol–water partition coefficient (Wildman–Crippen LogP) is 2.65. The molecule has 1 aliphatic heterocycles. The third-order valence-electron chi connectivity index (χ3n) is 3.40. The molecule has 1 atom stereocenters. The van der Waals surface area contributed by atoms with E-state index in [1.54, 1.807) is 0 Å². The van der Waals surface area contributed by atoms with E-state index in [1.807, 2.05) is 35.3 Å². The van der Waals surface area contributed by atoms with Crippen molar-refractivity contribution in [1.29, 1.82) is 0 Å². The molecule has 0 spiro atoms. The van der Waals surface area contributed by atoms with Gasteiger partial charge in [-0.3, -0.25) is 5.01 Å². The van der Waals surface area contributed by atoms with Gasteiger partial charge in [0.15, 0.2) is 5.11 Å². The lowest BCUT2D eigenvalue weighted by atomic mass is 9.94. The topological polar surface area (TPSA) is 27.3 Å². The standard InChI is InChI=1S/C13H19N3S/c1-4-13(10(2)3)14-12(17)16(15-13)11-8-6-5-7-9-11/h5-10,15H,4H2,1-3H3,(H,14,17)/t13-/m0/s1. The highest BCUT2D eigenvalue weighted by molar-refractivity contribution is 7.80. The molecule has 92 valence electrons. The lowest BCUT2D eigenvalue weighted by Crippen LogP contribution is -2.54. The number of thiocarbonyl (C=S) groups is 1. The van der Waals surface area contributed by atoms with Crippen LogP contribution in [0.3, 0.4) is 0 Å². The molecule has 1 heterocycles. The zero-order valence-electron chi connectivity index (χ0n) is 10.5. The number of anilines is 1. The maximum Gasteiger partial charge on any atom is 0.189 e. The van der Waals surface area contributed by atoms with E-state index in [-0.39, 0.29) is 5.66 Å². The van der Waals surface area contributed by atoms with Gasteiger partial charge in [-0.05, 0) is 36.7 Å². The third-order valence-corrected chi connectivity index (χ3v) is 3.69. The number of hydrazine groups is 1. The van der Waals surface area contributed by atoms with Crippen LogP contribution in [0.4, 0.5) is 5.69 Å². The Kier molecular flexibility index (Phi) is 3.35. The number of nitrogens with one attached hydrogen (secondary N) is 2. The summed E-state index contributed by atoms with van der Waals surface area (Å²) in [6.07, 6.45) is 0.980. The Morgan fingerprint density at radius 3 is 2.41 bits per heavy atom. The fraction of sp³-hybridized carbons (Fsp3) is 0.462. The average molecular weight is 249 g/mol. The number of rotatable bonds is 3. The molecule has 1 aromatic rings. The Balaban J connectivity index is 2.26. The summed E-state index contributed by atoms with van der Waals surface area (Å²) in [5.41, 5.74) is 4.44. The minimum Gasteiger partial charge on any atom is -0.341 e. The molecule has 2 rings (SSSR count). The van der Waals surface area contributed by atoms with Crippen molar-refractivity contribution in [3.05, 3.63) is 30.3 Å². The van der Waals surface area contributed by atoms with Crippen molar-refractivity contribution in [3.8, 4) is 0 Å². The summed E-state index contributed by atoms with van der Waals surface area (Å²) < 4.78 is 0. The molecule has 2 N–H and O–H groups in total. The van der Waals surface area contributed by atoms with Gasteiger partial charge in [-0.2, -0.15) is 0 Å².